The molecule has 0 spiro atoms. The quantitative estimate of drug-likeness (QED) is 0.530. The van der Waals surface area contributed by atoms with Crippen LogP contribution in [0.5, 0.6) is 0 Å². The van der Waals surface area contributed by atoms with E-state index < -0.39 is 24.0 Å². The highest BCUT2D eigenvalue weighted by atomic mass is 32.2. The molecule has 29 heavy (non-hydrogen) atoms. The molecule has 160 valence electrons. The second kappa shape index (κ2) is 11.2. The van der Waals surface area contributed by atoms with Crippen molar-refractivity contribution < 1.29 is 24.6 Å². The molecule has 3 atom stereocenters. The molecule has 1 fully saturated rings. The molecule has 0 bridgehead atoms. The molecule has 0 saturated carbocycles. The van der Waals surface area contributed by atoms with Gasteiger partial charge in [-0.3, -0.25) is 19.7 Å². The SMILES string of the molecule is CC(C)CC1CSCC(NC(CCc2ccccc2)C(=O)O)C(=O)N1CC(=O)O. The Kier molecular flexibility index (Phi) is 8.98. The van der Waals surface area contributed by atoms with Crippen molar-refractivity contribution in [2.24, 2.45) is 5.92 Å². The maximum Gasteiger partial charge on any atom is 0.323 e. The highest BCUT2D eigenvalue weighted by molar-refractivity contribution is 7.99. The van der Waals surface area contributed by atoms with Crippen molar-refractivity contribution in [1.82, 2.24) is 10.2 Å². The minimum absolute atomic E-state index is 0.164. The van der Waals surface area contributed by atoms with Crippen LogP contribution in [0.4, 0.5) is 0 Å². The largest absolute Gasteiger partial charge is 0.480 e. The third-order valence-electron chi connectivity index (χ3n) is 4.93. The van der Waals surface area contributed by atoms with Gasteiger partial charge in [-0.15, -0.1) is 0 Å². The van der Waals surface area contributed by atoms with Crippen LogP contribution in [0.15, 0.2) is 30.3 Å². The van der Waals surface area contributed by atoms with Crippen LogP contribution in [0.3, 0.4) is 0 Å². The number of rotatable bonds is 10. The van der Waals surface area contributed by atoms with Gasteiger partial charge >= 0.3 is 11.9 Å². The standard InChI is InChI=1S/C21H30N2O5S/c1-14(2)10-16-12-29-13-18(20(26)23(16)11-19(24)25)22-17(21(27)28)9-8-15-6-4-3-5-7-15/h3-7,14,16-18,22H,8-13H2,1-2H3,(H,24,25)(H,27,28). The summed E-state index contributed by atoms with van der Waals surface area (Å²) in [5.74, 6) is -0.987. The number of aliphatic carboxylic acids is 2. The van der Waals surface area contributed by atoms with E-state index in [-0.39, 0.29) is 18.5 Å². The summed E-state index contributed by atoms with van der Waals surface area (Å²) in [4.78, 5) is 37.6. The number of benzene rings is 1. The van der Waals surface area contributed by atoms with Gasteiger partial charge in [-0.1, -0.05) is 44.2 Å². The smallest absolute Gasteiger partial charge is 0.323 e. The number of hydrogen-bond acceptors (Lipinski definition) is 5. The predicted octanol–water partition coefficient (Wildman–Crippen LogP) is 2.11. The maximum absolute atomic E-state index is 13.1. The number of nitrogens with one attached hydrogen (secondary N) is 1. The molecule has 0 radical (unpaired) electrons. The minimum Gasteiger partial charge on any atom is -0.480 e. The van der Waals surface area contributed by atoms with Crippen molar-refractivity contribution in [3.05, 3.63) is 35.9 Å². The van der Waals surface area contributed by atoms with Gasteiger partial charge in [0.25, 0.3) is 0 Å². The zero-order chi connectivity index (χ0) is 21.4. The van der Waals surface area contributed by atoms with Crippen LogP contribution >= 0.6 is 11.8 Å². The zero-order valence-corrected chi connectivity index (χ0v) is 17.7. The molecule has 7 nitrogen and oxygen atoms in total. The van der Waals surface area contributed by atoms with Crippen molar-refractivity contribution in [3.63, 3.8) is 0 Å². The summed E-state index contributed by atoms with van der Waals surface area (Å²) >= 11 is 1.57. The van der Waals surface area contributed by atoms with Crippen molar-refractivity contribution in [2.75, 3.05) is 18.1 Å². The monoisotopic (exact) mass is 422 g/mol. The number of amides is 1. The van der Waals surface area contributed by atoms with E-state index >= 15 is 0 Å². The minimum atomic E-state index is -1.06. The number of nitrogens with zero attached hydrogens (tertiary/aromatic N) is 1. The van der Waals surface area contributed by atoms with E-state index in [2.05, 4.69) is 5.32 Å². The fraction of sp³-hybridized carbons (Fsp3) is 0.571. The van der Waals surface area contributed by atoms with Crippen molar-refractivity contribution in [1.29, 1.82) is 0 Å². The fourth-order valence-corrected chi connectivity index (χ4v) is 4.75. The van der Waals surface area contributed by atoms with Gasteiger partial charge in [0.15, 0.2) is 0 Å². The molecule has 1 aromatic rings. The Bertz CT molecular complexity index is 698. The first kappa shape index (κ1) is 23.2. The molecule has 1 amide bonds. The number of carbonyl (C=O) groups is 3. The molecular formula is C21H30N2O5S. The lowest BCUT2D eigenvalue weighted by Crippen LogP contribution is -2.55. The van der Waals surface area contributed by atoms with E-state index in [1.807, 2.05) is 44.2 Å². The van der Waals surface area contributed by atoms with E-state index in [9.17, 15) is 24.6 Å². The number of carboxylic acids is 2. The van der Waals surface area contributed by atoms with E-state index in [0.717, 1.165) is 12.0 Å². The van der Waals surface area contributed by atoms with Gasteiger partial charge < -0.3 is 15.1 Å². The van der Waals surface area contributed by atoms with E-state index in [0.29, 0.717) is 30.3 Å². The van der Waals surface area contributed by atoms with Gasteiger partial charge in [0.1, 0.15) is 12.6 Å². The second-order valence-electron chi connectivity index (χ2n) is 7.82. The van der Waals surface area contributed by atoms with Gasteiger partial charge in [-0.2, -0.15) is 11.8 Å². The predicted molar refractivity (Wildman–Crippen MR) is 113 cm³/mol. The molecule has 8 heteroatoms. The molecule has 0 aliphatic carbocycles. The average Bonchev–Trinajstić information content (AvgIpc) is 2.79. The Labute approximate surface area is 175 Å². The van der Waals surface area contributed by atoms with Crippen LogP contribution < -0.4 is 5.32 Å². The first-order chi connectivity index (χ1) is 13.8. The molecule has 1 saturated heterocycles. The molecular weight excluding hydrogens is 392 g/mol. The fourth-order valence-electron chi connectivity index (χ4n) is 3.55. The van der Waals surface area contributed by atoms with E-state index in [1.54, 1.807) is 11.8 Å². The number of aryl methyl sites for hydroxylation is 1. The Balaban J connectivity index is 2.10. The first-order valence-corrected chi connectivity index (χ1v) is 11.1. The second-order valence-corrected chi connectivity index (χ2v) is 8.89. The van der Waals surface area contributed by atoms with E-state index in [4.69, 9.17) is 0 Å². The average molecular weight is 423 g/mol. The Morgan fingerprint density at radius 1 is 1.21 bits per heavy atom. The number of carbonyl (C=O) groups excluding carboxylic acids is 1. The summed E-state index contributed by atoms with van der Waals surface area (Å²) in [5.41, 5.74) is 1.03. The van der Waals surface area contributed by atoms with Gasteiger partial charge in [0, 0.05) is 17.5 Å². The summed E-state index contributed by atoms with van der Waals surface area (Å²) in [6.07, 6.45) is 1.64. The Hall–Kier alpha value is -2.06. The summed E-state index contributed by atoms with van der Waals surface area (Å²) in [5, 5.41) is 21.9. The lowest BCUT2D eigenvalue weighted by molar-refractivity contribution is -0.147. The van der Waals surface area contributed by atoms with E-state index in [1.165, 1.54) is 4.90 Å². The molecule has 0 aromatic heterocycles. The molecule has 3 N–H and O–H groups in total. The molecule has 1 aromatic carbocycles. The summed E-state index contributed by atoms with van der Waals surface area (Å²) in [6.45, 7) is 3.72. The zero-order valence-electron chi connectivity index (χ0n) is 16.9. The van der Waals surface area contributed by atoms with Gasteiger partial charge in [-0.25, -0.2) is 0 Å². The summed E-state index contributed by atoms with van der Waals surface area (Å²) < 4.78 is 0. The summed E-state index contributed by atoms with van der Waals surface area (Å²) in [7, 11) is 0. The van der Waals surface area contributed by atoms with Crippen LogP contribution in [0, 0.1) is 5.92 Å². The highest BCUT2D eigenvalue weighted by Crippen LogP contribution is 2.23. The molecule has 3 unspecified atom stereocenters. The normalized spacial score (nSPS) is 21.1. The first-order valence-electron chi connectivity index (χ1n) is 9.90. The van der Waals surface area contributed by atoms with Crippen LogP contribution in [0.2, 0.25) is 0 Å². The van der Waals surface area contributed by atoms with Crippen molar-refractivity contribution in [3.8, 4) is 0 Å². The highest BCUT2D eigenvalue weighted by Gasteiger charge is 2.36. The van der Waals surface area contributed by atoms with Crippen LogP contribution in [-0.4, -0.2) is 69.1 Å². The lowest BCUT2D eigenvalue weighted by Gasteiger charge is -2.32. The molecule has 1 heterocycles. The van der Waals surface area contributed by atoms with Gasteiger partial charge in [-0.05, 0) is 30.7 Å². The van der Waals surface area contributed by atoms with Gasteiger partial charge in [0.05, 0.1) is 6.04 Å². The molecule has 2 rings (SSSR count). The van der Waals surface area contributed by atoms with Crippen LogP contribution in [0.25, 0.3) is 0 Å². The number of hydrogen-bond donors (Lipinski definition) is 3. The van der Waals surface area contributed by atoms with Crippen molar-refractivity contribution >= 4 is 29.6 Å². The molecule has 1 aliphatic rings. The number of carboxylic acid groups (broad SMARTS) is 2. The Morgan fingerprint density at radius 2 is 1.90 bits per heavy atom. The topological polar surface area (TPSA) is 107 Å². The molecule has 1 aliphatic heterocycles. The van der Waals surface area contributed by atoms with Crippen molar-refractivity contribution in [2.45, 2.75) is 51.2 Å². The maximum atomic E-state index is 13.1. The third kappa shape index (κ3) is 7.36. The Morgan fingerprint density at radius 3 is 2.48 bits per heavy atom. The van der Waals surface area contributed by atoms with Crippen LogP contribution in [-0.2, 0) is 20.8 Å². The van der Waals surface area contributed by atoms with Gasteiger partial charge in [0.2, 0.25) is 5.91 Å². The lowest BCUT2D eigenvalue weighted by atomic mass is 10.0. The number of thioether (sulfide) groups is 1. The third-order valence-corrected chi connectivity index (χ3v) is 6.12. The van der Waals surface area contributed by atoms with Crippen LogP contribution in [0.1, 0.15) is 32.3 Å². The summed E-state index contributed by atoms with van der Waals surface area (Å²) in [6, 6.07) is 7.84.